The van der Waals surface area contributed by atoms with Gasteiger partial charge < -0.3 is 10.6 Å². The Morgan fingerprint density at radius 3 is 2.71 bits per heavy atom. The summed E-state index contributed by atoms with van der Waals surface area (Å²) >= 11 is 1.51. The molecule has 0 saturated carbocycles. The lowest BCUT2D eigenvalue weighted by molar-refractivity contribution is 0.577. The van der Waals surface area contributed by atoms with Gasteiger partial charge in [-0.3, -0.25) is 5.41 Å². The van der Waals surface area contributed by atoms with Crippen LogP contribution in [-0.2, 0) is 0 Å². The molecule has 1 aliphatic rings. The molecule has 14 heavy (non-hydrogen) atoms. The molecule has 5 heteroatoms. The van der Waals surface area contributed by atoms with Crippen molar-refractivity contribution in [3.63, 3.8) is 0 Å². The summed E-state index contributed by atoms with van der Waals surface area (Å²) < 4.78 is 0. The standard InChI is InChI=1S/C9H14N4S/c10-8(11)7-6-12-9(14-7)13-4-2-1-3-5-13/h6H,1-5H2,(H3,10,11). The fraction of sp³-hybridized carbons (Fsp3) is 0.556. The maximum absolute atomic E-state index is 7.29. The van der Waals surface area contributed by atoms with E-state index in [-0.39, 0.29) is 5.84 Å². The fourth-order valence-electron chi connectivity index (χ4n) is 1.62. The van der Waals surface area contributed by atoms with Crippen molar-refractivity contribution in [2.75, 3.05) is 18.0 Å². The summed E-state index contributed by atoms with van der Waals surface area (Å²) in [5.74, 6) is 0.116. The van der Waals surface area contributed by atoms with Crippen LogP contribution in [-0.4, -0.2) is 23.9 Å². The molecule has 0 aliphatic carbocycles. The highest BCUT2D eigenvalue weighted by Gasteiger charge is 2.14. The number of nitrogens with two attached hydrogens (primary N) is 1. The summed E-state index contributed by atoms with van der Waals surface area (Å²) in [7, 11) is 0. The average molecular weight is 210 g/mol. The van der Waals surface area contributed by atoms with Gasteiger partial charge in [0.05, 0.1) is 11.1 Å². The van der Waals surface area contributed by atoms with E-state index in [0.717, 1.165) is 23.1 Å². The van der Waals surface area contributed by atoms with E-state index in [1.807, 2.05) is 0 Å². The van der Waals surface area contributed by atoms with Crippen molar-refractivity contribution in [3.8, 4) is 0 Å². The first-order chi connectivity index (χ1) is 6.77. The van der Waals surface area contributed by atoms with Crippen molar-refractivity contribution in [2.45, 2.75) is 19.3 Å². The van der Waals surface area contributed by atoms with E-state index in [1.54, 1.807) is 6.20 Å². The van der Waals surface area contributed by atoms with E-state index in [4.69, 9.17) is 11.1 Å². The highest BCUT2D eigenvalue weighted by atomic mass is 32.1. The molecule has 0 amide bonds. The van der Waals surface area contributed by atoms with Crippen LogP contribution in [0.1, 0.15) is 24.1 Å². The monoisotopic (exact) mass is 210 g/mol. The van der Waals surface area contributed by atoms with E-state index >= 15 is 0 Å². The van der Waals surface area contributed by atoms with E-state index in [9.17, 15) is 0 Å². The van der Waals surface area contributed by atoms with Crippen molar-refractivity contribution in [3.05, 3.63) is 11.1 Å². The molecule has 1 aromatic heterocycles. The van der Waals surface area contributed by atoms with Gasteiger partial charge in [0.15, 0.2) is 5.13 Å². The summed E-state index contributed by atoms with van der Waals surface area (Å²) in [4.78, 5) is 7.33. The first-order valence-electron chi connectivity index (χ1n) is 4.82. The molecule has 76 valence electrons. The van der Waals surface area contributed by atoms with Gasteiger partial charge in [-0.15, -0.1) is 0 Å². The Kier molecular flexibility index (Phi) is 2.67. The van der Waals surface area contributed by atoms with Gasteiger partial charge in [0, 0.05) is 13.1 Å². The Balaban J connectivity index is 2.11. The third-order valence-electron chi connectivity index (χ3n) is 2.39. The second-order valence-corrected chi connectivity index (χ2v) is 4.48. The summed E-state index contributed by atoms with van der Waals surface area (Å²) in [6, 6.07) is 0. The highest BCUT2D eigenvalue weighted by Crippen LogP contribution is 2.24. The minimum absolute atomic E-state index is 0.116. The average Bonchev–Trinajstić information content (AvgIpc) is 2.68. The number of nitrogens with zero attached hydrogens (tertiary/aromatic N) is 2. The third kappa shape index (κ3) is 1.87. The predicted molar refractivity (Wildman–Crippen MR) is 59.2 cm³/mol. The molecule has 2 rings (SSSR count). The summed E-state index contributed by atoms with van der Waals surface area (Å²) in [6.07, 6.45) is 5.50. The molecule has 0 radical (unpaired) electrons. The van der Waals surface area contributed by atoms with Gasteiger partial charge in [-0.1, -0.05) is 11.3 Å². The Morgan fingerprint density at radius 2 is 2.14 bits per heavy atom. The number of aromatic nitrogens is 1. The molecule has 0 bridgehead atoms. The molecule has 4 nitrogen and oxygen atoms in total. The first-order valence-corrected chi connectivity index (χ1v) is 5.64. The summed E-state index contributed by atoms with van der Waals surface area (Å²) in [5, 5.41) is 8.30. The smallest absolute Gasteiger partial charge is 0.185 e. The quantitative estimate of drug-likeness (QED) is 0.573. The molecular formula is C9H14N4S. The molecule has 1 saturated heterocycles. The van der Waals surface area contributed by atoms with Gasteiger partial charge in [-0.2, -0.15) is 0 Å². The molecule has 0 aromatic carbocycles. The lowest BCUT2D eigenvalue weighted by Crippen LogP contribution is -2.29. The largest absolute Gasteiger partial charge is 0.383 e. The molecule has 1 aliphatic heterocycles. The van der Waals surface area contributed by atoms with Crippen molar-refractivity contribution in [2.24, 2.45) is 5.73 Å². The predicted octanol–water partition coefficient (Wildman–Crippen LogP) is 1.42. The molecule has 0 spiro atoms. The second-order valence-electron chi connectivity index (χ2n) is 3.47. The van der Waals surface area contributed by atoms with E-state index < -0.39 is 0 Å². The van der Waals surface area contributed by atoms with Gasteiger partial charge in [-0.25, -0.2) is 4.98 Å². The number of hydrogen-bond donors (Lipinski definition) is 2. The van der Waals surface area contributed by atoms with E-state index in [1.165, 1.54) is 30.6 Å². The van der Waals surface area contributed by atoms with Crippen LogP contribution in [0.15, 0.2) is 6.20 Å². The third-order valence-corrected chi connectivity index (χ3v) is 3.48. The van der Waals surface area contributed by atoms with Crippen LogP contribution in [0.2, 0.25) is 0 Å². The number of anilines is 1. The van der Waals surface area contributed by atoms with Crippen LogP contribution in [0, 0.1) is 5.41 Å². The Labute approximate surface area is 87.3 Å². The summed E-state index contributed by atoms with van der Waals surface area (Å²) in [5.41, 5.74) is 5.39. The zero-order valence-corrected chi connectivity index (χ0v) is 8.81. The topological polar surface area (TPSA) is 66.0 Å². The molecule has 1 aromatic rings. The summed E-state index contributed by atoms with van der Waals surface area (Å²) in [6.45, 7) is 2.18. The SMILES string of the molecule is N=C(N)c1cnc(N2CCCCC2)s1. The molecule has 0 atom stereocenters. The Hall–Kier alpha value is -1.10. The number of nitrogens with one attached hydrogen (secondary N) is 1. The van der Waals surface area contributed by atoms with Crippen LogP contribution in [0.5, 0.6) is 0 Å². The fourth-order valence-corrected chi connectivity index (χ4v) is 2.45. The number of thiazole rings is 1. The first kappa shape index (κ1) is 9.45. The molecular weight excluding hydrogens is 196 g/mol. The maximum atomic E-state index is 7.29. The van der Waals surface area contributed by atoms with Gasteiger partial charge >= 0.3 is 0 Å². The normalized spacial score (nSPS) is 17.0. The van der Waals surface area contributed by atoms with Crippen LogP contribution in [0.3, 0.4) is 0 Å². The molecule has 3 N–H and O–H groups in total. The number of amidine groups is 1. The lowest BCUT2D eigenvalue weighted by atomic mass is 10.1. The van der Waals surface area contributed by atoms with Crippen LogP contribution >= 0.6 is 11.3 Å². The lowest BCUT2D eigenvalue weighted by Gasteiger charge is -2.25. The zero-order chi connectivity index (χ0) is 9.97. The van der Waals surface area contributed by atoms with Crippen LogP contribution in [0.25, 0.3) is 0 Å². The van der Waals surface area contributed by atoms with Crippen molar-refractivity contribution >= 4 is 22.3 Å². The minimum atomic E-state index is 0.116. The van der Waals surface area contributed by atoms with Crippen molar-refractivity contribution in [1.29, 1.82) is 5.41 Å². The molecule has 2 heterocycles. The highest BCUT2D eigenvalue weighted by molar-refractivity contribution is 7.17. The number of hydrogen-bond acceptors (Lipinski definition) is 4. The Bertz CT molecular complexity index is 327. The van der Waals surface area contributed by atoms with Crippen LogP contribution < -0.4 is 10.6 Å². The number of piperidine rings is 1. The molecule has 0 unspecified atom stereocenters. The van der Waals surface area contributed by atoms with Gasteiger partial charge in [0.2, 0.25) is 0 Å². The van der Waals surface area contributed by atoms with Crippen molar-refractivity contribution < 1.29 is 0 Å². The molecule has 1 fully saturated rings. The van der Waals surface area contributed by atoms with Gasteiger partial charge in [0.1, 0.15) is 5.84 Å². The number of rotatable bonds is 2. The van der Waals surface area contributed by atoms with Gasteiger partial charge in [0.25, 0.3) is 0 Å². The zero-order valence-electron chi connectivity index (χ0n) is 7.99. The van der Waals surface area contributed by atoms with E-state index in [0.29, 0.717) is 0 Å². The van der Waals surface area contributed by atoms with Crippen molar-refractivity contribution in [1.82, 2.24) is 4.98 Å². The Morgan fingerprint density at radius 1 is 1.43 bits per heavy atom. The second kappa shape index (κ2) is 3.96. The van der Waals surface area contributed by atoms with Crippen LogP contribution in [0.4, 0.5) is 5.13 Å². The maximum Gasteiger partial charge on any atom is 0.185 e. The minimum Gasteiger partial charge on any atom is -0.383 e. The number of nitrogen functional groups attached to an aromatic ring is 1. The van der Waals surface area contributed by atoms with Gasteiger partial charge in [-0.05, 0) is 19.3 Å². The van der Waals surface area contributed by atoms with E-state index in [2.05, 4.69) is 9.88 Å².